The van der Waals surface area contributed by atoms with Crippen molar-refractivity contribution in [3.63, 3.8) is 0 Å². The molecule has 5 nitrogen and oxygen atoms in total. The summed E-state index contributed by atoms with van der Waals surface area (Å²) in [5.74, 6) is -0.1000. The summed E-state index contributed by atoms with van der Waals surface area (Å²) in [6.07, 6.45) is 1.53. The average molecular weight is 275 g/mol. The lowest BCUT2D eigenvalue weighted by Gasteiger charge is -2.05. The van der Waals surface area contributed by atoms with Crippen molar-refractivity contribution < 1.29 is 9.79 Å². The number of hydrogen-bond donors (Lipinski definition) is 0. The van der Waals surface area contributed by atoms with Crippen molar-refractivity contribution in [2.45, 2.75) is 13.5 Å². The van der Waals surface area contributed by atoms with E-state index in [9.17, 15) is 5.11 Å². The molecule has 0 aliphatic carbocycles. The van der Waals surface area contributed by atoms with Gasteiger partial charge in [0.25, 0.3) is 6.33 Å². The second-order valence-electron chi connectivity index (χ2n) is 4.30. The molecule has 2 aromatic heterocycles. The molecule has 19 heavy (non-hydrogen) atoms. The molecule has 0 bridgehead atoms. The zero-order valence-corrected chi connectivity index (χ0v) is 11.0. The fourth-order valence-corrected chi connectivity index (χ4v) is 2.20. The lowest BCUT2D eigenvalue weighted by molar-refractivity contribution is -0.721. The van der Waals surface area contributed by atoms with E-state index < -0.39 is 0 Å². The number of aryl methyl sites for hydroxylation is 1. The van der Waals surface area contributed by atoms with Crippen molar-refractivity contribution in [1.29, 1.82) is 0 Å². The van der Waals surface area contributed by atoms with Crippen LogP contribution in [0.3, 0.4) is 0 Å². The van der Waals surface area contributed by atoms with Crippen LogP contribution in [0, 0.1) is 6.92 Å². The van der Waals surface area contributed by atoms with E-state index in [-0.39, 0.29) is 5.75 Å². The summed E-state index contributed by atoms with van der Waals surface area (Å²) in [6.45, 7) is 2.22. The molecule has 96 valence electrons. The van der Waals surface area contributed by atoms with Gasteiger partial charge in [0.2, 0.25) is 0 Å². The first-order valence-electron chi connectivity index (χ1n) is 5.80. The molecule has 0 atom stereocenters. The van der Waals surface area contributed by atoms with E-state index in [1.807, 2.05) is 24.3 Å². The number of hydrogen-bond acceptors (Lipinski definition) is 3. The highest BCUT2D eigenvalue weighted by molar-refractivity contribution is 6.31. The van der Waals surface area contributed by atoms with Crippen LogP contribution in [0.5, 0.6) is 5.75 Å². The molecule has 0 radical (unpaired) electrons. The van der Waals surface area contributed by atoms with Crippen LogP contribution >= 0.6 is 11.6 Å². The highest BCUT2D eigenvalue weighted by Crippen LogP contribution is 2.16. The van der Waals surface area contributed by atoms with E-state index in [1.165, 1.54) is 16.9 Å². The zero-order valence-electron chi connectivity index (χ0n) is 10.2. The van der Waals surface area contributed by atoms with Gasteiger partial charge in [-0.3, -0.25) is 0 Å². The monoisotopic (exact) mass is 274 g/mol. The van der Waals surface area contributed by atoms with E-state index in [2.05, 4.69) is 10.2 Å². The van der Waals surface area contributed by atoms with Gasteiger partial charge in [-0.2, -0.15) is 0 Å². The van der Waals surface area contributed by atoms with Crippen LogP contribution in [0.4, 0.5) is 0 Å². The molecule has 0 fully saturated rings. The van der Waals surface area contributed by atoms with Gasteiger partial charge < -0.3 is 5.11 Å². The first-order valence-corrected chi connectivity index (χ1v) is 6.18. The molecule has 0 N–H and O–H groups in total. The normalized spacial score (nSPS) is 11.1. The summed E-state index contributed by atoms with van der Waals surface area (Å²) in [4.78, 5) is 0. The predicted molar refractivity (Wildman–Crippen MR) is 67.9 cm³/mol. The maximum atomic E-state index is 12.0. The van der Waals surface area contributed by atoms with Crippen molar-refractivity contribution in [2.75, 3.05) is 0 Å². The average Bonchev–Trinajstić information content (AvgIpc) is 2.75. The van der Waals surface area contributed by atoms with Crippen molar-refractivity contribution in [2.24, 2.45) is 0 Å². The second-order valence-corrected chi connectivity index (χ2v) is 4.71. The Morgan fingerprint density at radius 3 is 2.95 bits per heavy atom. The third-order valence-corrected chi connectivity index (χ3v) is 3.23. The topological polar surface area (TPSA) is 57.1 Å². The summed E-state index contributed by atoms with van der Waals surface area (Å²) in [5.41, 5.74) is 2.01. The molecule has 0 spiro atoms. The summed E-state index contributed by atoms with van der Waals surface area (Å²) >= 11 is 6.12. The van der Waals surface area contributed by atoms with Crippen LogP contribution in [0.2, 0.25) is 5.02 Å². The smallest absolute Gasteiger partial charge is 0.321 e. The number of rotatable bonds is 2. The van der Waals surface area contributed by atoms with Crippen molar-refractivity contribution >= 4 is 17.2 Å². The van der Waals surface area contributed by atoms with Crippen molar-refractivity contribution in [3.05, 3.63) is 52.9 Å². The molecule has 0 saturated carbocycles. The molecule has 3 rings (SSSR count). The second kappa shape index (κ2) is 4.51. The molecule has 6 heteroatoms. The van der Waals surface area contributed by atoms with Crippen LogP contribution < -0.4 is 9.79 Å². The van der Waals surface area contributed by atoms with Gasteiger partial charge in [-0.05, 0) is 29.9 Å². The third kappa shape index (κ3) is 2.13. The Balaban J connectivity index is 2.09. The fraction of sp³-hybridized carbons (Fsp3) is 0.154. The molecule has 3 aromatic rings. The van der Waals surface area contributed by atoms with Gasteiger partial charge in [-0.15, -0.1) is 4.68 Å². The Morgan fingerprint density at radius 2 is 2.16 bits per heavy atom. The Kier molecular flexibility index (Phi) is 2.83. The van der Waals surface area contributed by atoms with Crippen LogP contribution in [0.1, 0.15) is 11.3 Å². The molecule has 1 aromatic carbocycles. The SMILES string of the molecule is Cc1cc([O-])c2n(cn[n+]2Cc2ccccc2Cl)n1. The zero-order chi connectivity index (χ0) is 13.4. The van der Waals surface area contributed by atoms with Gasteiger partial charge in [0.05, 0.1) is 5.69 Å². The molecule has 0 unspecified atom stereocenters. The lowest BCUT2D eigenvalue weighted by atomic mass is 10.2. The number of benzene rings is 1. The summed E-state index contributed by atoms with van der Waals surface area (Å²) < 4.78 is 3.10. The molecular weight excluding hydrogens is 264 g/mol. The largest absolute Gasteiger partial charge is 0.867 e. The third-order valence-electron chi connectivity index (χ3n) is 2.87. The van der Waals surface area contributed by atoms with Crippen LogP contribution in [0.25, 0.3) is 5.65 Å². The van der Waals surface area contributed by atoms with E-state index in [4.69, 9.17) is 11.6 Å². The Bertz CT molecular complexity index is 753. The van der Waals surface area contributed by atoms with Crippen molar-refractivity contribution in [3.8, 4) is 5.75 Å². The van der Waals surface area contributed by atoms with Gasteiger partial charge in [-0.25, -0.2) is 0 Å². The number of nitrogens with zero attached hydrogens (tertiary/aromatic N) is 4. The minimum Gasteiger partial charge on any atom is -0.867 e. The van der Waals surface area contributed by atoms with Gasteiger partial charge in [0.15, 0.2) is 0 Å². The molecular formula is C13H11ClN4O. The Hall–Kier alpha value is -2.14. The molecule has 0 aliphatic heterocycles. The Labute approximate surface area is 114 Å². The number of aromatic nitrogens is 4. The van der Waals surface area contributed by atoms with E-state index >= 15 is 0 Å². The number of fused-ring (bicyclic) bond motifs is 1. The maximum Gasteiger partial charge on any atom is 0.321 e. The summed E-state index contributed by atoms with van der Waals surface area (Å²) in [5, 5.41) is 21.1. The van der Waals surface area contributed by atoms with Gasteiger partial charge in [0, 0.05) is 10.6 Å². The standard InChI is InChI=1S/C13H11ClN4O/c1-9-6-12(19)13-17(15-8-18(13)16-9)7-10-4-2-3-5-11(10)14/h2-6,8H,7H2,1H3. The van der Waals surface area contributed by atoms with E-state index in [0.717, 1.165) is 5.56 Å². The highest BCUT2D eigenvalue weighted by Gasteiger charge is 2.15. The minimum atomic E-state index is -0.1000. The van der Waals surface area contributed by atoms with Gasteiger partial charge in [0.1, 0.15) is 6.54 Å². The lowest BCUT2D eigenvalue weighted by Crippen LogP contribution is -2.37. The minimum absolute atomic E-state index is 0.1000. The highest BCUT2D eigenvalue weighted by atomic mass is 35.5. The van der Waals surface area contributed by atoms with Crippen LogP contribution in [-0.2, 0) is 6.54 Å². The maximum absolute atomic E-state index is 12.0. The van der Waals surface area contributed by atoms with Gasteiger partial charge >= 0.3 is 5.65 Å². The summed E-state index contributed by atoms with van der Waals surface area (Å²) in [6, 6.07) is 9.00. The molecule has 0 aliphatic rings. The molecule has 0 amide bonds. The summed E-state index contributed by atoms with van der Waals surface area (Å²) in [7, 11) is 0. The van der Waals surface area contributed by atoms with Crippen LogP contribution in [0.15, 0.2) is 36.7 Å². The van der Waals surface area contributed by atoms with Gasteiger partial charge in [-0.1, -0.05) is 39.4 Å². The van der Waals surface area contributed by atoms with E-state index in [0.29, 0.717) is 22.9 Å². The molecule has 0 saturated heterocycles. The van der Waals surface area contributed by atoms with Crippen molar-refractivity contribution in [1.82, 2.24) is 14.7 Å². The fourth-order valence-electron chi connectivity index (χ4n) is 2.01. The van der Waals surface area contributed by atoms with E-state index in [1.54, 1.807) is 11.6 Å². The quantitative estimate of drug-likeness (QED) is 0.658. The predicted octanol–water partition coefficient (Wildman–Crippen LogP) is 1.10. The number of halogens is 1. The first kappa shape index (κ1) is 11.9. The first-order chi connectivity index (χ1) is 9.15. The molecule has 2 heterocycles. The Morgan fingerprint density at radius 1 is 1.37 bits per heavy atom. The van der Waals surface area contributed by atoms with Crippen LogP contribution in [-0.4, -0.2) is 14.7 Å².